The summed E-state index contributed by atoms with van der Waals surface area (Å²) in [4.78, 5) is 4.93. The van der Waals surface area contributed by atoms with Crippen molar-refractivity contribution < 1.29 is 0 Å². The smallest absolute Gasteiger partial charge is 0.0579 e. The minimum absolute atomic E-state index is 0.00118. The number of rotatable bonds is 10. The Morgan fingerprint density at radius 1 is 0.343 bits per heavy atom. The molecule has 3 aliphatic carbocycles. The summed E-state index contributed by atoms with van der Waals surface area (Å²) in [5.41, 5.74) is 16.2. The average molecular weight is 909 g/mol. The van der Waals surface area contributed by atoms with E-state index >= 15 is 0 Å². The fraction of sp³-hybridized carbons (Fsp3) is 0.302. The summed E-state index contributed by atoms with van der Waals surface area (Å²) in [7, 11) is -3.94. The standard InChI is InChI=1S/C63H68N2Si2/c1-66(2,3)63(67(4,5)6)61-43-51-39-57(64(53-23-15-9-16-24-53)55-33-27-47(28-34-55)45-19-11-7-12-20-45)37-31-49(51)41-59(61)60-42-50-32-38-58(40-52(50)44-62(60)63)65(54-25-17-10-18-26-54)56-35-29-48(30-36-56)46-21-13-8-14-22-46/h9-10,15-18,23-46H,7-8,11-14,19-22H2,1-6H3. The zero-order valence-corrected chi connectivity index (χ0v) is 42.8. The fourth-order valence-corrected chi connectivity index (χ4v) is 26.6. The Balaban J connectivity index is 1.03. The van der Waals surface area contributed by atoms with Crippen LogP contribution in [-0.4, -0.2) is 16.1 Å². The van der Waals surface area contributed by atoms with E-state index in [4.69, 9.17) is 0 Å². The van der Waals surface area contributed by atoms with Crippen molar-refractivity contribution in [2.45, 2.75) is 120 Å². The van der Waals surface area contributed by atoms with Gasteiger partial charge in [-0.1, -0.05) is 163 Å². The van der Waals surface area contributed by atoms with Gasteiger partial charge in [-0.2, -0.15) is 0 Å². The zero-order valence-electron chi connectivity index (χ0n) is 40.8. The van der Waals surface area contributed by atoms with Crippen LogP contribution in [0.15, 0.2) is 170 Å². The second-order valence-corrected chi connectivity index (χ2v) is 33.3. The molecule has 0 aliphatic heterocycles. The van der Waals surface area contributed by atoms with Crippen LogP contribution in [0.25, 0.3) is 32.7 Å². The molecule has 0 heterocycles. The fourth-order valence-electron chi connectivity index (χ4n) is 13.5. The van der Waals surface area contributed by atoms with E-state index in [2.05, 4.69) is 219 Å². The summed E-state index contributed by atoms with van der Waals surface area (Å²) in [5, 5.41) is 5.26. The highest BCUT2D eigenvalue weighted by molar-refractivity contribution is 6.99. The maximum atomic E-state index is 2.65. The monoisotopic (exact) mass is 908 g/mol. The number of para-hydroxylation sites is 2. The van der Waals surface area contributed by atoms with Crippen LogP contribution in [0.1, 0.15) is 98.3 Å². The van der Waals surface area contributed by atoms with Crippen molar-refractivity contribution in [3.63, 3.8) is 0 Å². The molecule has 0 bridgehead atoms. The lowest BCUT2D eigenvalue weighted by atomic mass is 9.84. The van der Waals surface area contributed by atoms with E-state index in [1.165, 1.54) is 142 Å². The summed E-state index contributed by atoms with van der Waals surface area (Å²) >= 11 is 0. The molecule has 3 aliphatic rings. The summed E-state index contributed by atoms with van der Waals surface area (Å²) in [6.07, 6.45) is 13.4. The van der Waals surface area contributed by atoms with E-state index in [1.54, 1.807) is 11.1 Å². The molecule has 67 heavy (non-hydrogen) atoms. The highest BCUT2D eigenvalue weighted by atomic mass is 28.4. The van der Waals surface area contributed by atoms with Crippen molar-refractivity contribution in [1.82, 2.24) is 0 Å². The summed E-state index contributed by atoms with van der Waals surface area (Å²) in [5.74, 6) is 1.38. The van der Waals surface area contributed by atoms with Crippen LogP contribution in [0.3, 0.4) is 0 Å². The molecule has 8 aromatic carbocycles. The molecule has 8 aromatic rings. The molecule has 0 saturated heterocycles. The Hall–Kier alpha value is -5.69. The van der Waals surface area contributed by atoms with Crippen LogP contribution in [0.4, 0.5) is 34.1 Å². The number of anilines is 6. The van der Waals surface area contributed by atoms with Crippen molar-refractivity contribution in [3.05, 3.63) is 192 Å². The van der Waals surface area contributed by atoms with Gasteiger partial charge in [0.25, 0.3) is 0 Å². The molecule has 2 saturated carbocycles. The number of benzene rings is 8. The highest BCUT2D eigenvalue weighted by Crippen LogP contribution is 2.59. The predicted octanol–water partition coefficient (Wildman–Crippen LogP) is 19.0. The van der Waals surface area contributed by atoms with E-state index in [0.717, 1.165) is 0 Å². The first-order chi connectivity index (χ1) is 32.5. The van der Waals surface area contributed by atoms with Gasteiger partial charge in [0.1, 0.15) is 0 Å². The van der Waals surface area contributed by atoms with E-state index in [-0.39, 0.29) is 4.66 Å². The molecular weight excluding hydrogens is 841 g/mol. The van der Waals surface area contributed by atoms with Crippen molar-refractivity contribution >= 4 is 71.8 Å². The molecular formula is C63H68N2Si2. The lowest BCUT2D eigenvalue weighted by molar-refractivity contribution is 0.443. The first-order valence-corrected chi connectivity index (χ1v) is 32.6. The Bertz CT molecular complexity index is 2830. The molecule has 0 amide bonds. The number of nitrogens with zero attached hydrogens (tertiary/aromatic N) is 2. The van der Waals surface area contributed by atoms with Gasteiger partial charge < -0.3 is 9.80 Å². The predicted molar refractivity (Wildman–Crippen MR) is 295 cm³/mol. The van der Waals surface area contributed by atoms with Gasteiger partial charge in [0.05, 0.1) is 16.1 Å². The van der Waals surface area contributed by atoms with Gasteiger partial charge >= 0.3 is 0 Å². The molecule has 0 radical (unpaired) electrons. The topological polar surface area (TPSA) is 6.48 Å². The molecule has 0 N–H and O–H groups in total. The van der Waals surface area contributed by atoms with E-state index in [1.807, 2.05) is 0 Å². The minimum Gasteiger partial charge on any atom is -0.310 e. The largest absolute Gasteiger partial charge is 0.310 e. The molecule has 0 unspecified atom stereocenters. The van der Waals surface area contributed by atoms with Gasteiger partial charge in [0.15, 0.2) is 0 Å². The third-order valence-corrected chi connectivity index (χ3v) is 26.3. The molecule has 4 heteroatoms. The average Bonchev–Trinajstić information content (AvgIpc) is 3.64. The van der Waals surface area contributed by atoms with E-state index in [0.29, 0.717) is 11.8 Å². The zero-order chi connectivity index (χ0) is 45.9. The van der Waals surface area contributed by atoms with Crippen LogP contribution in [-0.2, 0) is 4.66 Å². The first kappa shape index (κ1) is 43.9. The molecule has 0 atom stereocenters. The summed E-state index contributed by atoms with van der Waals surface area (Å²) in [6, 6.07) is 65.8. The number of fused-ring (bicyclic) bond motifs is 5. The Morgan fingerprint density at radius 3 is 1.04 bits per heavy atom. The van der Waals surface area contributed by atoms with Gasteiger partial charge in [-0.05, 0) is 177 Å². The van der Waals surface area contributed by atoms with E-state index < -0.39 is 16.1 Å². The molecule has 2 fully saturated rings. The van der Waals surface area contributed by atoms with Gasteiger partial charge in [-0.3, -0.25) is 0 Å². The molecule has 338 valence electrons. The third kappa shape index (κ3) is 7.78. The lowest BCUT2D eigenvalue weighted by Gasteiger charge is -2.51. The highest BCUT2D eigenvalue weighted by Gasteiger charge is 2.59. The Morgan fingerprint density at radius 2 is 0.687 bits per heavy atom. The van der Waals surface area contributed by atoms with Gasteiger partial charge in [0.2, 0.25) is 0 Å². The quantitative estimate of drug-likeness (QED) is 0.126. The molecule has 11 rings (SSSR count). The summed E-state index contributed by atoms with van der Waals surface area (Å²) < 4.78 is 0.00118. The van der Waals surface area contributed by atoms with Crippen LogP contribution in [0, 0.1) is 0 Å². The van der Waals surface area contributed by atoms with Crippen LogP contribution < -0.4 is 9.80 Å². The number of hydrogen-bond donors (Lipinski definition) is 0. The second-order valence-electron chi connectivity index (χ2n) is 22.3. The van der Waals surface area contributed by atoms with E-state index in [9.17, 15) is 0 Å². The minimum atomic E-state index is -1.97. The SMILES string of the molecule is C[Si](C)(C)C1([Si](C)(C)C)c2cc3cc(N(c4ccccc4)c4ccc(C5CCCCC5)cc4)ccc3cc2-c2cc3ccc(N(c4ccccc4)c4ccc(C5CCCCC5)cc4)cc3cc21. The van der Waals surface area contributed by atoms with Crippen LogP contribution in [0.2, 0.25) is 39.3 Å². The maximum absolute atomic E-state index is 2.65. The van der Waals surface area contributed by atoms with Crippen LogP contribution >= 0.6 is 0 Å². The second kappa shape index (κ2) is 17.4. The van der Waals surface area contributed by atoms with Crippen molar-refractivity contribution in [2.75, 3.05) is 9.80 Å². The van der Waals surface area contributed by atoms with Crippen molar-refractivity contribution in [3.8, 4) is 11.1 Å². The molecule has 0 aromatic heterocycles. The third-order valence-electron chi connectivity index (χ3n) is 16.3. The first-order valence-electron chi connectivity index (χ1n) is 25.6. The van der Waals surface area contributed by atoms with Gasteiger partial charge in [0, 0.05) is 38.8 Å². The summed E-state index contributed by atoms with van der Waals surface area (Å²) in [6.45, 7) is 15.9. The molecule has 2 nitrogen and oxygen atoms in total. The normalized spacial score (nSPS) is 16.5. The Labute approximate surface area is 402 Å². The number of hydrogen-bond acceptors (Lipinski definition) is 2. The van der Waals surface area contributed by atoms with Crippen LogP contribution in [0.5, 0.6) is 0 Å². The van der Waals surface area contributed by atoms with Gasteiger partial charge in [-0.25, -0.2) is 0 Å². The van der Waals surface area contributed by atoms with Crippen molar-refractivity contribution in [2.24, 2.45) is 0 Å². The maximum Gasteiger partial charge on any atom is 0.0579 e. The molecule has 0 spiro atoms. The van der Waals surface area contributed by atoms with Gasteiger partial charge in [-0.15, -0.1) is 0 Å². The van der Waals surface area contributed by atoms with Crippen molar-refractivity contribution in [1.29, 1.82) is 0 Å². The lowest BCUT2D eigenvalue weighted by Crippen LogP contribution is -2.63. The Kier molecular flexibility index (Phi) is 11.4.